The third kappa shape index (κ3) is 1.48. The molecule has 0 aliphatic carbocycles. The summed E-state index contributed by atoms with van der Waals surface area (Å²) in [5.41, 5.74) is 0.726. The molecule has 0 spiro atoms. The van der Waals surface area contributed by atoms with Gasteiger partial charge in [0.15, 0.2) is 0 Å². The van der Waals surface area contributed by atoms with E-state index in [2.05, 4.69) is 0 Å². The van der Waals surface area contributed by atoms with Gasteiger partial charge in [-0.25, -0.2) is 4.90 Å². The molecule has 3 saturated heterocycles. The van der Waals surface area contributed by atoms with Crippen molar-refractivity contribution in [3.63, 3.8) is 0 Å². The van der Waals surface area contributed by atoms with Crippen molar-refractivity contribution >= 4 is 29.3 Å². The fourth-order valence-electron chi connectivity index (χ4n) is 3.76. The Kier molecular flexibility index (Phi) is 2.69. The summed E-state index contributed by atoms with van der Waals surface area (Å²) in [7, 11) is 0. The predicted molar refractivity (Wildman–Crippen MR) is 75.6 cm³/mol. The molecular weight excluding hydrogens is 274 g/mol. The van der Waals surface area contributed by atoms with Crippen LogP contribution in [-0.4, -0.2) is 30.3 Å². The molecule has 0 saturated carbocycles. The van der Waals surface area contributed by atoms with Crippen molar-refractivity contribution in [1.29, 1.82) is 0 Å². The Morgan fingerprint density at radius 3 is 2.30 bits per heavy atom. The minimum atomic E-state index is -0.254. The molecule has 20 heavy (non-hydrogen) atoms. The average Bonchev–Trinajstić information content (AvgIpc) is 3.13. The first kappa shape index (κ1) is 12.4. The molecule has 0 radical (unpaired) electrons. The molecule has 3 aliphatic heterocycles. The molecule has 0 aromatic heterocycles. The van der Waals surface area contributed by atoms with Crippen molar-refractivity contribution < 1.29 is 14.3 Å². The summed E-state index contributed by atoms with van der Waals surface area (Å²) in [4.78, 5) is 27.7. The van der Waals surface area contributed by atoms with Crippen LogP contribution in [0.5, 0.6) is 0 Å². The minimum absolute atomic E-state index is 0.0482. The number of ether oxygens (including phenoxy) is 1. The number of carbonyl (C=O) groups is 2. The van der Waals surface area contributed by atoms with Crippen LogP contribution in [0.3, 0.4) is 0 Å². The average molecular weight is 289 g/mol. The van der Waals surface area contributed by atoms with Gasteiger partial charge in [-0.3, -0.25) is 9.59 Å². The number of hydrogen-bond donors (Lipinski definition) is 0. The lowest BCUT2D eigenvalue weighted by Gasteiger charge is -2.19. The van der Waals surface area contributed by atoms with E-state index >= 15 is 0 Å². The molecule has 3 heterocycles. The Bertz CT molecular complexity index is 575. The first-order chi connectivity index (χ1) is 9.72. The SMILES string of the molecule is CSc1ccccc1N1C(=O)[C@@H]2[C@@H](C1=O)[C@H]1CC[C@@H]2O1. The molecule has 4 rings (SSSR count). The number of carbonyl (C=O) groups excluding carboxylic acids is 2. The van der Waals surface area contributed by atoms with Crippen molar-refractivity contribution in [2.24, 2.45) is 11.8 Å². The largest absolute Gasteiger partial charge is 0.373 e. The summed E-state index contributed by atoms with van der Waals surface area (Å²) < 4.78 is 5.75. The zero-order valence-corrected chi connectivity index (χ0v) is 11.9. The van der Waals surface area contributed by atoms with E-state index in [1.165, 1.54) is 4.90 Å². The van der Waals surface area contributed by atoms with Gasteiger partial charge in [-0.2, -0.15) is 0 Å². The van der Waals surface area contributed by atoms with E-state index in [4.69, 9.17) is 4.74 Å². The maximum atomic E-state index is 12.7. The van der Waals surface area contributed by atoms with Crippen LogP contribution in [0.2, 0.25) is 0 Å². The number of fused-ring (bicyclic) bond motifs is 5. The van der Waals surface area contributed by atoms with Crippen LogP contribution in [0.1, 0.15) is 12.8 Å². The number of anilines is 1. The first-order valence-electron chi connectivity index (χ1n) is 6.88. The number of amides is 2. The van der Waals surface area contributed by atoms with E-state index in [9.17, 15) is 9.59 Å². The van der Waals surface area contributed by atoms with Crippen molar-refractivity contribution in [3.05, 3.63) is 24.3 Å². The zero-order valence-electron chi connectivity index (χ0n) is 11.1. The predicted octanol–water partition coefficient (Wildman–Crippen LogP) is 2.08. The van der Waals surface area contributed by atoms with E-state index in [0.29, 0.717) is 0 Å². The molecule has 3 aliphatic rings. The molecule has 3 fully saturated rings. The lowest BCUT2D eigenvalue weighted by Crippen LogP contribution is -2.34. The quantitative estimate of drug-likeness (QED) is 0.618. The van der Waals surface area contributed by atoms with E-state index in [-0.39, 0.29) is 35.9 Å². The highest BCUT2D eigenvalue weighted by atomic mass is 32.2. The molecule has 104 valence electrons. The third-order valence-electron chi connectivity index (χ3n) is 4.61. The minimum Gasteiger partial charge on any atom is -0.373 e. The second-order valence-electron chi connectivity index (χ2n) is 5.53. The van der Waals surface area contributed by atoms with Gasteiger partial charge in [0, 0.05) is 4.90 Å². The monoisotopic (exact) mass is 289 g/mol. The molecule has 0 N–H and O–H groups in total. The number of para-hydroxylation sites is 1. The van der Waals surface area contributed by atoms with Gasteiger partial charge in [0.25, 0.3) is 0 Å². The summed E-state index contributed by atoms with van der Waals surface area (Å²) in [6.07, 6.45) is 3.67. The van der Waals surface area contributed by atoms with Crippen LogP contribution < -0.4 is 4.90 Å². The van der Waals surface area contributed by atoms with Crippen molar-refractivity contribution in [1.82, 2.24) is 0 Å². The summed E-state index contributed by atoms with van der Waals surface area (Å²) in [6, 6.07) is 7.59. The van der Waals surface area contributed by atoms with Gasteiger partial charge in [-0.15, -0.1) is 11.8 Å². The van der Waals surface area contributed by atoms with Gasteiger partial charge in [0.2, 0.25) is 11.8 Å². The Balaban J connectivity index is 1.77. The molecular formula is C15H15NO3S. The van der Waals surface area contributed by atoms with Gasteiger partial charge < -0.3 is 4.74 Å². The lowest BCUT2D eigenvalue weighted by molar-refractivity contribution is -0.124. The zero-order chi connectivity index (χ0) is 13.9. The highest BCUT2D eigenvalue weighted by Crippen LogP contribution is 2.50. The summed E-state index contributed by atoms with van der Waals surface area (Å²) in [5.74, 6) is -0.658. The fraction of sp³-hybridized carbons (Fsp3) is 0.467. The maximum Gasteiger partial charge on any atom is 0.240 e. The molecule has 4 nitrogen and oxygen atoms in total. The van der Waals surface area contributed by atoms with Gasteiger partial charge in [-0.05, 0) is 31.2 Å². The fourth-order valence-corrected chi connectivity index (χ4v) is 4.35. The number of benzene rings is 1. The molecule has 1 aromatic rings. The number of hydrogen-bond acceptors (Lipinski definition) is 4. The van der Waals surface area contributed by atoms with Gasteiger partial charge in [0.05, 0.1) is 29.7 Å². The molecule has 2 amide bonds. The van der Waals surface area contributed by atoms with Gasteiger partial charge in [-0.1, -0.05) is 12.1 Å². The highest BCUT2D eigenvalue weighted by molar-refractivity contribution is 7.98. The van der Waals surface area contributed by atoms with Crippen LogP contribution in [-0.2, 0) is 14.3 Å². The normalized spacial score (nSPS) is 35.0. The Morgan fingerprint density at radius 1 is 1.10 bits per heavy atom. The van der Waals surface area contributed by atoms with Gasteiger partial charge in [0.1, 0.15) is 0 Å². The Labute approximate surface area is 121 Å². The van der Waals surface area contributed by atoms with Crippen LogP contribution in [0.25, 0.3) is 0 Å². The Hall–Kier alpha value is -1.33. The number of imide groups is 1. The van der Waals surface area contributed by atoms with Crippen LogP contribution >= 0.6 is 11.8 Å². The van der Waals surface area contributed by atoms with Crippen LogP contribution in [0.4, 0.5) is 5.69 Å². The maximum absolute atomic E-state index is 12.7. The number of nitrogens with zero attached hydrogens (tertiary/aromatic N) is 1. The van der Waals surface area contributed by atoms with E-state index < -0.39 is 0 Å². The summed E-state index contributed by atoms with van der Waals surface area (Å²) >= 11 is 1.55. The van der Waals surface area contributed by atoms with Crippen molar-refractivity contribution in [2.75, 3.05) is 11.2 Å². The molecule has 1 aromatic carbocycles. The van der Waals surface area contributed by atoms with Crippen molar-refractivity contribution in [2.45, 2.75) is 29.9 Å². The summed E-state index contributed by atoms with van der Waals surface area (Å²) in [6.45, 7) is 0. The van der Waals surface area contributed by atoms with E-state index in [1.807, 2.05) is 30.5 Å². The third-order valence-corrected chi connectivity index (χ3v) is 5.40. The number of thioether (sulfide) groups is 1. The van der Waals surface area contributed by atoms with Crippen LogP contribution in [0.15, 0.2) is 29.2 Å². The summed E-state index contributed by atoms with van der Waals surface area (Å²) in [5, 5.41) is 0. The standard InChI is InChI=1S/C15H15NO3S/c1-20-11-5-3-2-4-8(11)16-14(17)12-9-6-7-10(19-9)13(12)15(16)18/h2-5,9-10,12-13H,6-7H2,1H3/t9-,10+,12-,13-/m0/s1. The second kappa shape index (κ2) is 4.33. The molecule has 4 atom stereocenters. The number of rotatable bonds is 2. The smallest absolute Gasteiger partial charge is 0.240 e. The van der Waals surface area contributed by atoms with Crippen LogP contribution in [0, 0.1) is 11.8 Å². The molecule has 0 unspecified atom stereocenters. The highest BCUT2D eigenvalue weighted by Gasteiger charge is 2.62. The Morgan fingerprint density at radius 2 is 1.70 bits per heavy atom. The van der Waals surface area contributed by atoms with Gasteiger partial charge >= 0.3 is 0 Å². The molecule has 5 heteroatoms. The first-order valence-corrected chi connectivity index (χ1v) is 8.11. The second-order valence-corrected chi connectivity index (χ2v) is 6.37. The molecule has 2 bridgehead atoms. The van der Waals surface area contributed by atoms with E-state index in [0.717, 1.165) is 23.4 Å². The van der Waals surface area contributed by atoms with E-state index in [1.54, 1.807) is 11.8 Å². The topological polar surface area (TPSA) is 46.6 Å². The lowest BCUT2D eigenvalue weighted by atomic mass is 9.81. The van der Waals surface area contributed by atoms with Crippen molar-refractivity contribution in [3.8, 4) is 0 Å².